The molecule has 2 aliphatic carbocycles. The molecule has 2 N–H and O–H groups in total. The number of aryl methyl sites for hydroxylation is 2. The monoisotopic (exact) mass is 353 g/mol. The van der Waals surface area contributed by atoms with Crippen molar-refractivity contribution < 1.29 is 9.69 Å². The lowest BCUT2D eigenvalue weighted by atomic mass is 9.96. The van der Waals surface area contributed by atoms with Crippen LogP contribution in [0.2, 0.25) is 0 Å². The first-order valence-electron chi connectivity index (χ1n) is 9.60. The van der Waals surface area contributed by atoms with Gasteiger partial charge in [0.15, 0.2) is 6.54 Å². The fourth-order valence-corrected chi connectivity index (χ4v) is 5.69. The summed E-state index contributed by atoms with van der Waals surface area (Å²) in [4.78, 5) is 15.7. The molecule has 2 heterocycles. The van der Waals surface area contributed by atoms with E-state index < -0.39 is 0 Å². The summed E-state index contributed by atoms with van der Waals surface area (Å²) >= 11 is 1.90. The lowest BCUT2D eigenvalue weighted by Crippen LogP contribution is -3.14. The number of quaternary nitrogens is 1. The third kappa shape index (κ3) is 3.02. The van der Waals surface area contributed by atoms with Gasteiger partial charge in [0, 0.05) is 28.5 Å². The van der Waals surface area contributed by atoms with Crippen LogP contribution in [0.4, 0.5) is 5.69 Å². The van der Waals surface area contributed by atoms with Crippen LogP contribution in [0.25, 0.3) is 0 Å². The van der Waals surface area contributed by atoms with Crippen molar-refractivity contribution in [3.8, 4) is 0 Å². The Kier molecular flexibility index (Phi) is 3.90. The zero-order valence-corrected chi connectivity index (χ0v) is 15.3. The summed E-state index contributed by atoms with van der Waals surface area (Å²) in [5.74, 6) is 0.953. The normalized spacial score (nSPS) is 24.6. The molecule has 5 rings (SSSR count). The van der Waals surface area contributed by atoms with E-state index in [0.29, 0.717) is 12.6 Å². The minimum absolute atomic E-state index is 0.164. The predicted molar refractivity (Wildman–Crippen MR) is 101 cm³/mol. The van der Waals surface area contributed by atoms with Crippen LogP contribution >= 0.6 is 11.3 Å². The summed E-state index contributed by atoms with van der Waals surface area (Å²) in [6.45, 7) is 1.68. The van der Waals surface area contributed by atoms with Crippen molar-refractivity contribution in [2.75, 3.05) is 18.4 Å². The summed E-state index contributed by atoms with van der Waals surface area (Å²) in [5.41, 5.74) is 5.38. The highest BCUT2D eigenvalue weighted by atomic mass is 32.1. The van der Waals surface area contributed by atoms with Crippen LogP contribution in [0, 0.1) is 5.92 Å². The molecular formula is C21H25N2OS+. The average Bonchev–Trinajstić information content (AvgIpc) is 3.14. The summed E-state index contributed by atoms with van der Waals surface area (Å²) < 4.78 is 0. The second kappa shape index (κ2) is 6.26. The van der Waals surface area contributed by atoms with Gasteiger partial charge in [-0.3, -0.25) is 4.79 Å². The standard InChI is InChI=1S/C21H24N2OS/c24-20(22-17-7-6-14-2-1-3-16(14)12-17)13-23-10-8-19-18(9-11-25-19)21(23)15-4-5-15/h6-7,9,11-12,15,21H,1-5,8,10,13H2,(H,22,24)/p+1/t21-/m0/s1. The summed E-state index contributed by atoms with van der Waals surface area (Å²) in [7, 11) is 0. The summed E-state index contributed by atoms with van der Waals surface area (Å²) in [6.07, 6.45) is 7.37. The zero-order valence-electron chi connectivity index (χ0n) is 14.5. The van der Waals surface area contributed by atoms with Gasteiger partial charge in [0.2, 0.25) is 0 Å². The average molecular weight is 354 g/mol. The van der Waals surface area contributed by atoms with Crippen molar-refractivity contribution in [3.63, 3.8) is 0 Å². The van der Waals surface area contributed by atoms with E-state index in [1.165, 1.54) is 47.3 Å². The van der Waals surface area contributed by atoms with Crippen LogP contribution in [0.5, 0.6) is 0 Å². The molecule has 0 radical (unpaired) electrons. The molecule has 1 unspecified atom stereocenters. The summed E-state index contributed by atoms with van der Waals surface area (Å²) in [5, 5.41) is 5.39. The lowest BCUT2D eigenvalue weighted by Gasteiger charge is -2.32. The number of anilines is 1. The van der Waals surface area contributed by atoms with Crippen molar-refractivity contribution >= 4 is 22.9 Å². The van der Waals surface area contributed by atoms with Crippen molar-refractivity contribution in [1.29, 1.82) is 0 Å². The largest absolute Gasteiger partial charge is 0.321 e. The van der Waals surface area contributed by atoms with E-state index >= 15 is 0 Å². The van der Waals surface area contributed by atoms with Crippen molar-refractivity contribution in [1.82, 2.24) is 0 Å². The van der Waals surface area contributed by atoms with Crippen LogP contribution in [-0.2, 0) is 24.1 Å². The van der Waals surface area contributed by atoms with E-state index in [9.17, 15) is 4.79 Å². The third-order valence-corrected chi connectivity index (χ3v) is 7.09. The molecule has 2 atom stereocenters. The molecule has 1 fully saturated rings. The highest BCUT2D eigenvalue weighted by Crippen LogP contribution is 2.42. The number of carbonyl (C=O) groups excluding carboxylic acids is 1. The number of carbonyl (C=O) groups is 1. The number of rotatable bonds is 4. The highest BCUT2D eigenvalue weighted by molar-refractivity contribution is 7.10. The molecule has 25 heavy (non-hydrogen) atoms. The Morgan fingerprint density at radius 2 is 2.04 bits per heavy atom. The van der Waals surface area contributed by atoms with Crippen LogP contribution in [0.3, 0.4) is 0 Å². The first-order chi connectivity index (χ1) is 12.3. The van der Waals surface area contributed by atoms with Crippen LogP contribution in [-0.4, -0.2) is 19.0 Å². The summed E-state index contributed by atoms with van der Waals surface area (Å²) in [6, 6.07) is 9.29. The molecule has 1 aromatic carbocycles. The molecule has 1 aromatic heterocycles. The first kappa shape index (κ1) is 15.6. The van der Waals surface area contributed by atoms with E-state index in [2.05, 4.69) is 35.0 Å². The molecule has 0 bridgehead atoms. The van der Waals surface area contributed by atoms with Gasteiger partial charge < -0.3 is 10.2 Å². The van der Waals surface area contributed by atoms with E-state index in [4.69, 9.17) is 0 Å². The number of thiophene rings is 1. The maximum atomic E-state index is 12.7. The molecule has 1 amide bonds. The number of hydrogen-bond acceptors (Lipinski definition) is 2. The minimum atomic E-state index is 0.164. The van der Waals surface area contributed by atoms with Gasteiger partial charge in [-0.15, -0.1) is 11.3 Å². The predicted octanol–water partition coefficient (Wildman–Crippen LogP) is 2.77. The Labute approximate surface area is 153 Å². The van der Waals surface area contributed by atoms with Gasteiger partial charge in [-0.05, 0) is 66.8 Å². The van der Waals surface area contributed by atoms with Gasteiger partial charge in [-0.25, -0.2) is 0 Å². The molecule has 0 spiro atoms. The molecule has 4 heteroatoms. The van der Waals surface area contributed by atoms with E-state index in [1.807, 2.05) is 11.3 Å². The Bertz CT molecular complexity index is 808. The Morgan fingerprint density at radius 1 is 1.16 bits per heavy atom. The van der Waals surface area contributed by atoms with Crippen molar-refractivity contribution in [2.24, 2.45) is 5.92 Å². The second-order valence-corrected chi connectivity index (χ2v) is 8.84. The van der Waals surface area contributed by atoms with Crippen LogP contribution in [0.15, 0.2) is 29.6 Å². The van der Waals surface area contributed by atoms with Crippen molar-refractivity contribution in [3.05, 3.63) is 51.2 Å². The Morgan fingerprint density at radius 3 is 2.92 bits per heavy atom. The van der Waals surface area contributed by atoms with Gasteiger partial charge in [-0.1, -0.05) is 6.07 Å². The van der Waals surface area contributed by atoms with Crippen LogP contribution < -0.4 is 10.2 Å². The molecule has 3 nitrogen and oxygen atoms in total. The topological polar surface area (TPSA) is 33.5 Å². The quantitative estimate of drug-likeness (QED) is 0.871. The maximum absolute atomic E-state index is 12.7. The minimum Gasteiger partial charge on any atom is -0.321 e. The number of hydrogen-bond donors (Lipinski definition) is 2. The fourth-order valence-electron chi connectivity index (χ4n) is 4.76. The maximum Gasteiger partial charge on any atom is 0.279 e. The molecule has 130 valence electrons. The van der Waals surface area contributed by atoms with Gasteiger partial charge in [0.25, 0.3) is 5.91 Å². The molecule has 2 aromatic rings. The van der Waals surface area contributed by atoms with Gasteiger partial charge >= 0.3 is 0 Å². The number of fused-ring (bicyclic) bond motifs is 2. The van der Waals surface area contributed by atoms with Crippen LogP contribution in [0.1, 0.15) is 46.9 Å². The third-order valence-electron chi connectivity index (χ3n) is 6.09. The zero-order chi connectivity index (χ0) is 16.8. The molecule has 1 aliphatic heterocycles. The molecular weight excluding hydrogens is 328 g/mol. The first-order valence-corrected chi connectivity index (χ1v) is 10.5. The highest BCUT2D eigenvalue weighted by Gasteiger charge is 2.43. The lowest BCUT2D eigenvalue weighted by molar-refractivity contribution is -0.928. The van der Waals surface area contributed by atoms with Crippen molar-refractivity contribution in [2.45, 2.75) is 44.6 Å². The number of amides is 1. The molecule has 1 saturated carbocycles. The Hall–Kier alpha value is -1.65. The SMILES string of the molecule is O=C(C[NH+]1CCc2sccc2[C@@H]1C1CC1)Nc1ccc2c(c1)CCC2. The van der Waals surface area contributed by atoms with E-state index in [0.717, 1.165) is 31.0 Å². The van der Waals surface area contributed by atoms with E-state index in [1.54, 1.807) is 4.88 Å². The Balaban J connectivity index is 1.29. The van der Waals surface area contributed by atoms with Gasteiger partial charge in [0.05, 0.1) is 6.54 Å². The van der Waals surface area contributed by atoms with E-state index in [-0.39, 0.29) is 5.91 Å². The molecule has 0 saturated heterocycles. The van der Waals surface area contributed by atoms with Gasteiger partial charge in [-0.2, -0.15) is 0 Å². The number of nitrogens with one attached hydrogen (secondary N) is 2. The number of benzene rings is 1. The van der Waals surface area contributed by atoms with Gasteiger partial charge in [0.1, 0.15) is 6.04 Å². The smallest absolute Gasteiger partial charge is 0.279 e. The molecule has 3 aliphatic rings. The second-order valence-electron chi connectivity index (χ2n) is 7.83. The fraction of sp³-hybridized carbons (Fsp3) is 0.476.